The second-order valence-electron chi connectivity index (χ2n) is 9.34. The summed E-state index contributed by atoms with van der Waals surface area (Å²) < 4.78 is 21.2. The van der Waals surface area contributed by atoms with Gasteiger partial charge in [0.05, 0.1) is 28.9 Å². The highest BCUT2D eigenvalue weighted by molar-refractivity contribution is 7.84. The number of rotatable bonds is 5. The molecule has 1 aromatic carbocycles. The molecular formula is C23H29N3O3S. The maximum absolute atomic E-state index is 12.7. The van der Waals surface area contributed by atoms with Crippen molar-refractivity contribution in [3.05, 3.63) is 47.8 Å². The van der Waals surface area contributed by atoms with Crippen LogP contribution in [0.2, 0.25) is 0 Å². The highest BCUT2D eigenvalue weighted by atomic mass is 32.2. The van der Waals surface area contributed by atoms with Gasteiger partial charge < -0.3 is 14.4 Å². The highest BCUT2D eigenvalue weighted by Gasteiger charge is 2.43. The number of carbonyl (C=O) groups is 1. The van der Waals surface area contributed by atoms with Crippen LogP contribution in [0.15, 0.2) is 36.7 Å². The number of hydrogen-bond acceptors (Lipinski definition) is 5. The molecule has 3 heterocycles. The lowest BCUT2D eigenvalue weighted by Crippen LogP contribution is -2.60. The number of nitrogens with zero attached hydrogens (tertiary/aromatic N) is 2. The second-order valence-corrected chi connectivity index (χ2v) is 11.3. The van der Waals surface area contributed by atoms with Gasteiger partial charge in [-0.2, -0.15) is 0 Å². The zero-order valence-electron chi connectivity index (χ0n) is 18.0. The first-order valence-corrected chi connectivity index (χ1v) is 11.4. The van der Waals surface area contributed by atoms with Crippen molar-refractivity contribution in [2.24, 2.45) is 5.92 Å². The smallest absolute Gasteiger partial charge is 0.125 e. The van der Waals surface area contributed by atoms with Crippen molar-refractivity contribution in [3.8, 4) is 11.1 Å². The lowest BCUT2D eigenvalue weighted by Gasteiger charge is -2.43. The SMILES string of the molecule is CN1CC(C=O)Cc2cc(-c3cncc(C4(NS(=O)C(C)(C)C)COC4)c3)ccc21. The summed E-state index contributed by atoms with van der Waals surface area (Å²) in [7, 11) is 0.811. The van der Waals surface area contributed by atoms with Crippen LogP contribution in [0.5, 0.6) is 0 Å². The normalized spacial score (nSPS) is 21.5. The molecule has 0 aliphatic carbocycles. The number of anilines is 1. The molecule has 0 bridgehead atoms. The number of benzene rings is 1. The third-order valence-electron chi connectivity index (χ3n) is 5.84. The van der Waals surface area contributed by atoms with Gasteiger partial charge in [-0.25, -0.2) is 8.93 Å². The summed E-state index contributed by atoms with van der Waals surface area (Å²) in [5.41, 5.74) is 4.91. The molecule has 30 heavy (non-hydrogen) atoms. The van der Waals surface area contributed by atoms with E-state index in [0.29, 0.717) is 13.2 Å². The molecule has 2 atom stereocenters. The van der Waals surface area contributed by atoms with Crippen LogP contribution in [0.25, 0.3) is 11.1 Å². The van der Waals surface area contributed by atoms with Gasteiger partial charge in [-0.1, -0.05) is 6.07 Å². The molecule has 0 radical (unpaired) electrons. The summed E-state index contributed by atoms with van der Waals surface area (Å²) in [5.74, 6) is 0.0224. The van der Waals surface area contributed by atoms with Gasteiger partial charge in [-0.15, -0.1) is 0 Å². The Morgan fingerprint density at radius 2 is 2.00 bits per heavy atom. The Hall–Kier alpha value is -2.09. The van der Waals surface area contributed by atoms with Gasteiger partial charge in [-0.05, 0) is 62.1 Å². The van der Waals surface area contributed by atoms with Crippen LogP contribution in [-0.2, 0) is 32.5 Å². The molecule has 2 aromatic rings. The molecule has 0 spiro atoms. The summed E-state index contributed by atoms with van der Waals surface area (Å²) >= 11 is 0. The monoisotopic (exact) mass is 427 g/mol. The molecule has 7 heteroatoms. The van der Waals surface area contributed by atoms with E-state index < -0.39 is 16.5 Å². The second kappa shape index (κ2) is 7.87. The van der Waals surface area contributed by atoms with Crippen LogP contribution < -0.4 is 9.62 Å². The standard InChI is InChI=1S/C23H29N3O3S/c1-22(2,3)30(28)25-23(14-29-15-23)20-9-19(10-24-11-20)17-5-6-21-18(8-17)7-16(13-27)12-26(21)4/h5-6,8-11,13,16,25H,7,12,14-15H2,1-4H3. The first-order chi connectivity index (χ1) is 14.2. The van der Waals surface area contributed by atoms with Crippen LogP contribution >= 0.6 is 0 Å². The fourth-order valence-corrected chi connectivity index (χ4v) is 4.87. The lowest BCUT2D eigenvalue weighted by molar-refractivity contribution is -0.110. The number of aldehydes is 1. The molecule has 1 saturated heterocycles. The van der Waals surface area contributed by atoms with Crippen molar-refractivity contribution in [2.45, 2.75) is 37.5 Å². The predicted molar refractivity (Wildman–Crippen MR) is 120 cm³/mol. The molecule has 160 valence electrons. The molecule has 6 nitrogen and oxygen atoms in total. The zero-order chi connectivity index (χ0) is 21.5. The number of nitrogens with one attached hydrogen (secondary N) is 1. The van der Waals surface area contributed by atoms with Crippen molar-refractivity contribution in [1.29, 1.82) is 0 Å². The Kier molecular flexibility index (Phi) is 5.55. The minimum absolute atomic E-state index is 0.0224. The zero-order valence-corrected chi connectivity index (χ0v) is 18.8. The van der Waals surface area contributed by atoms with Crippen LogP contribution in [0, 0.1) is 5.92 Å². The third kappa shape index (κ3) is 3.94. The summed E-state index contributed by atoms with van der Waals surface area (Å²) in [5, 5.41) is 0. The third-order valence-corrected chi connectivity index (χ3v) is 7.53. The molecule has 0 saturated carbocycles. The topological polar surface area (TPSA) is 71.5 Å². The Labute approximate surface area is 180 Å². The van der Waals surface area contributed by atoms with Crippen molar-refractivity contribution in [1.82, 2.24) is 9.71 Å². The van der Waals surface area contributed by atoms with Crippen LogP contribution in [0.4, 0.5) is 5.69 Å². The van der Waals surface area contributed by atoms with Crippen LogP contribution in [0.1, 0.15) is 31.9 Å². The Balaban J connectivity index is 1.66. The fraction of sp³-hybridized carbons (Fsp3) is 0.478. The summed E-state index contributed by atoms with van der Waals surface area (Å²) in [6.07, 6.45) is 5.49. The minimum atomic E-state index is -1.21. The van der Waals surface area contributed by atoms with Gasteiger partial charge in [0.25, 0.3) is 0 Å². The van der Waals surface area contributed by atoms with Gasteiger partial charge >= 0.3 is 0 Å². The number of carbonyl (C=O) groups excluding carboxylic acids is 1. The largest absolute Gasteiger partial charge is 0.377 e. The number of fused-ring (bicyclic) bond motifs is 1. The van der Waals surface area contributed by atoms with E-state index >= 15 is 0 Å². The molecule has 2 unspecified atom stereocenters. The van der Waals surface area contributed by atoms with Crippen molar-refractivity contribution in [3.63, 3.8) is 0 Å². The average molecular weight is 428 g/mol. The molecule has 0 amide bonds. The Morgan fingerprint density at radius 1 is 1.23 bits per heavy atom. The summed E-state index contributed by atoms with van der Waals surface area (Å²) in [6.45, 7) is 7.55. The van der Waals surface area contributed by atoms with Gasteiger partial charge in [0, 0.05) is 43.2 Å². The van der Waals surface area contributed by atoms with E-state index in [9.17, 15) is 9.00 Å². The lowest BCUT2D eigenvalue weighted by atomic mass is 9.88. The van der Waals surface area contributed by atoms with E-state index in [1.807, 2.05) is 40.2 Å². The quantitative estimate of drug-likeness (QED) is 0.743. The molecule has 4 rings (SSSR count). The first-order valence-electron chi connectivity index (χ1n) is 10.2. The van der Waals surface area contributed by atoms with E-state index in [2.05, 4.69) is 38.9 Å². The molecular weight excluding hydrogens is 398 g/mol. The molecule has 2 aliphatic rings. The number of hydrogen-bond donors (Lipinski definition) is 1. The average Bonchev–Trinajstić information content (AvgIpc) is 2.69. The van der Waals surface area contributed by atoms with E-state index in [1.54, 1.807) is 0 Å². The number of ether oxygens (including phenoxy) is 1. The van der Waals surface area contributed by atoms with Gasteiger partial charge in [0.2, 0.25) is 0 Å². The van der Waals surface area contributed by atoms with E-state index in [4.69, 9.17) is 4.74 Å². The van der Waals surface area contributed by atoms with Crippen LogP contribution in [0.3, 0.4) is 0 Å². The minimum Gasteiger partial charge on any atom is -0.377 e. The fourth-order valence-electron chi connectivity index (χ4n) is 3.97. The Bertz CT molecular complexity index is 982. The highest BCUT2D eigenvalue weighted by Crippen LogP contribution is 2.35. The van der Waals surface area contributed by atoms with Gasteiger partial charge in [-0.3, -0.25) is 4.98 Å². The maximum Gasteiger partial charge on any atom is 0.125 e. The van der Waals surface area contributed by atoms with E-state index in [1.165, 1.54) is 11.3 Å². The van der Waals surface area contributed by atoms with Gasteiger partial charge in [0.1, 0.15) is 11.8 Å². The van der Waals surface area contributed by atoms with E-state index in [0.717, 1.165) is 35.9 Å². The molecule has 1 N–H and O–H groups in total. The summed E-state index contributed by atoms with van der Waals surface area (Å²) in [6, 6.07) is 8.48. The maximum atomic E-state index is 12.7. The first kappa shape index (κ1) is 21.2. The van der Waals surface area contributed by atoms with Crippen LogP contribution in [-0.4, -0.2) is 47.0 Å². The van der Waals surface area contributed by atoms with E-state index in [-0.39, 0.29) is 10.7 Å². The molecule has 1 fully saturated rings. The van der Waals surface area contributed by atoms with Gasteiger partial charge in [0.15, 0.2) is 0 Å². The van der Waals surface area contributed by atoms with Crippen molar-refractivity contribution in [2.75, 3.05) is 31.7 Å². The summed E-state index contributed by atoms with van der Waals surface area (Å²) in [4.78, 5) is 18.0. The number of aromatic nitrogens is 1. The number of pyridine rings is 1. The Morgan fingerprint density at radius 3 is 2.63 bits per heavy atom. The van der Waals surface area contributed by atoms with Crippen molar-refractivity contribution >= 4 is 23.0 Å². The predicted octanol–water partition coefficient (Wildman–Crippen LogP) is 2.83. The molecule has 1 aromatic heterocycles. The van der Waals surface area contributed by atoms with Crippen molar-refractivity contribution < 1.29 is 13.7 Å². The molecule has 2 aliphatic heterocycles.